The molecule has 3 nitrogen and oxygen atoms in total. The quantitative estimate of drug-likeness (QED) is 0.486. The topological polar surface area (TPSA) is 43.8 Å². The number of nitrogens with two attached hydrogens (primary N) is 1. The van der Waals surface area contributed by atoms with Crippen LogP contribution in [0, 0.1) is 13.8 Å². The average Bonchev–Trinajstić information content (AvgIpc) is 3.01. The van der Waals surface area contributed by atoms with Crippen molar-refractivity contribution in [2.24, 2.45) is 0 Å². The van der Waals surface area contributed by atoms with Gasteiger partial charge in [0, 0.05) is 10.5 Å². The molecule has 0 aliphatic rings. The molecular weight excluding hydrogens is 350 g/mol. The second-order valence-electron chi connectivity index (χ2n) is 6.59. The summed E-state index contributed by atoms with van der Waals surface area (Å²) in [5.41, 5.74) is 12.0. The maximum Gasteiger partial charge on any atom is 0.141 e. The van der Waals surface area contributed by atoms with Crippen molar-refractivity contribution in [1.29, 1.82) is 0 Å². The molecule has 0 bridgehead atoms. The fourth-order valence-corrected chi connectivity index (χ4v) is 3.86. The van der Waals surface area contributed by atoms with Crippen molar-refractivity contribution in [3.8, 4) is 16.9 Å². The molecule has 0 spiro atoms. The van der Waals surface area contributed by atoms with E-state index in [-0.39, 0.29) is 0 Å². The van der Waals surface area contributed by atoms with Crippen LogP contribution in [0.25, 0.3) is 16.9 Å². The van der Waals surface area contributed by atoms with E-state index >= 15 is 0 Å². The number of nitrogens with zero attached hydrogens (tertiary/aromatic N) is 2. The Morgan fingerprint density at radius 2 is 1.37 bits per heavy atom. The molecule has 27 heavy (non-hydrogen) atoms. The van der Waals surface area contributed by atoms with Crippen LogP contribution < -0.4 is 5.73 Å². The highest BCUT2D eigenvalue weighted by molar-refractivity contribution is 7.99. The molecule has 3 aromatic carbocycles. The van der Waals surface area contributed by atoms with Gasteiger partial charge >= 0.3 is 0 Å². The maximum absolute atomic E-state index is 6.56. The molecule has 0 aliphatic heterocycles. The Balaban J connectivity index is 1.85. The van der Waals surface area contributed by atoms with Gasteiger partial charge in [-0.15, -0.1) is 0 Å². The highest BCUT2D eigenvalue weighted by Crippen LogP contribution is 2.40. The molecule has 4 rings (SSSR count). The van der Waals surface area contributed by atoms with Crippen LogP contribution in [0.3, 0.4) is 0 Å². The second-order valence-corrected chi connectivity index (χ2v) is 7.68. The average molecular weight is 372 g/mol. The van der Waals surface area contributed by atoms with Gasteiger partial charge < -0.3 is 5.73 Å². The first-order chi connectivity index (χ1) is 13.1. The molecule has 2 N–H and O–H groups in total. The molecule has 0 amide bonds. The van der Waals surface area contributed by atoms with Crippen molar-refractivity contribution < 1.29 is 0 Å². The van der Waals surface area contributed by atoms with E-state index < -0.39 is 0 Å². The first-order valence-corrected chi connectivity index (χ1v) is 9.69. The number of hydrogen-bond acceptors (Lipinski definition) is 3. The van der Waals surface area contributed by atoms with Gasteiger partial charge in [-0.3, -0.25) is 0 Å². The summed E-state index contributed by atoms with van der Waals surface area (Å²) < 4.78 is 1.83. The number of rotatable bonds is 4. The molecule has 1 aromatic heterocycles. The number of hydrogen-bond donors (Lipinski definition) is 1. The van der Waals surface area contributed by atoms with Crippen LogP contribution in [-0.4, -0.2) is 9.78 Å². The summed E-state index contributed by atoms with van der Waals surface area (Å²) in [6, 6.07) is 26.9. The van der Waals surface area contributed by atoms with Gasteiger partial charge in [0.05, 0.1) is 10.6 Å². The van der Waals surface area contributed by atoms with Gasteiger partial charge in [0.2, 0.25) is 0 Å². The Bertz CT molecular complexity index is 1050. The number of aromatic nitrogens is 2. The molecule has 0 fully saturated rings. The number of nitrogen functional groups attached to an aromatic ring is 1. The molecule has 4 heteroatoms. The lowest BCUT2D eigenvalue weighted by atomic mass is 10.1. The Labute approximate surface area is 163 Å². The van der Waals surface area contributed by atoms with Crippen LogP contribution in [0.4, 0.5) is 5.82 Å². The van der Waals surface area contributed by atoms with Gasteiger partial charge in [-0.1, -0.05) is 77.5 Å². The summed E-state index contributed by atoms with van der Waals surface area (Å²) in [4.78, 5) is 2.12. The Morgan fingerprint density at radius 3 is 2.00 bits per heavy atom. The zero-order valence-electron chi connectivity index (χ0n) is 15.4. The van der Waals surface area contributed by atoms with E-state index in [2.05, 4.69) is 62.4 Å². The third-order valence-corrected chi connectivity index (χ3v) is 5.56. The van der Waals surface area contributed by atoms with Crippen LogP contribution in [0.5, 0.6) is 0 Å². The zero-order chi connectivity index (χ0) is 18.8. The summed E-state index contributed by atoms with van der Waals surface area (Å²) in [5, 5.41) is 4.86. The molecular formula is C23H21N3S. The number of para-hydroxylation sites is 1. The van der Waals surface area contributed by atoms with E-state index in [1.54, 1.807) is 11.8 Å². The molecule has 134 valence electrons. The van der Waals surface area contributed by atoms with E-state index in [1.807, 2.05) is 35.0 Å². The Morgan fingerprint density at radius 1 is 0.778 bits per heavy atom. The Hall–Kier alpha value is -2.98. The normalized spacial score (nSPS) is 10.9. The van der Waals surface area contributed by atoms with E-state index in [1.165, 1.54) is 11.1 Å². The molecule has 0 unspecified atom stereocenters. The lowest BCUT2D eigenvalue weighted by molar-refractivity contribution is 0.895. The van der Waals surface area contributed by atoms with Crippen molar-refractivity contribution in [1.82, 2.24) is 9.78 Å². The fraction of sp³-hybridized carbons (Fsp3) is 0.0870. The van der Waals surface area contributed by atoms with E-state index in [0.29, 0.717) is 5.82 Å². The number of anilines is 1. The minimum Gasteiger partial charge on any atom is -0.383 e. The van der Waals surface area contributed by atoms with Gasteiger partial charge in [0.15, 0.2) is 0 Å². The molecule has 0 radical (unpaired) electrons. The highest BCUT2D eigenvalue weighted by atomic mass is 32.2. The first-order valence-electron chi connectivity index (χ1n) is 8.87. The van der Waals surface area contributed by atoms with Crippen molar-refractivity contribution in [2.75, 3.05) is 5.73 Å². The summed E-state index contributed by atoms with van der Waals surface area (Å²) >= 11 is 1.66. The summed E-state index contributed by atoms with van der Waals surface area (Å²) in [6.45, 7) is 4.18. The fourth-order valence-electron chi connectivity index (χ4n) is 2.91. The largest absolute Gasteiger partial charge is 0.383 e. The van der Waals surface area contributed by atoms with Gasteiger partial charge in [0.25, 0.3) is 0 Å². The SMILES string of the molecule is Cc1ccc(Sc2c(-c3ccc(C)cc3)nn(-c3ccccc3)c2N)cc1. The molecule has 0 saturated heterocycles. The Kier molecular flexibility index (Phi) is 4.73. The van der Waals surface area contributed by atoms with Crippen molar-refractivity contribution >= 4 is 17.6 Å². The van der Waals surface area contributed by atoms with Gasteiger partial charge in [-0.05, 0) is 38.1 Å². The molecule has 0 aliphatic carbocycles. The molecule has 4 aromatic rings. The molecule has 0 saturated carbocycles. The first kappa shape index (κ1) is 17.4. The van der Waals surface area contributed by atoms with Crippen LogP contribution in [0.1, 0.15) is 11.1 Å². The summed E-state index contributed by atoms with van der Waals surface area (Å²) in [7, 11) is 0. The second kappa shape index (κ2) is 7.33. The predicted octanol–water partition coefficient (Wildman–Crippen LogP) is 5.89. The van der Waals surface area contributed by atoms with Crippen molar-refractivity contribution in [3.63, 3.8) is 0 Å². The maximum atomic E-state index is 6.56. The summed E-state index contributed by atoms with van der Waals surface area (Å²) in [6.07, 6.45) is 0. The number of benzene rings is 3. The van der Waals surface area contributed by atoms with E-state index in [4.69, 9.17) is 10.8 Å². The minimum atomic E-state index is 0.655. The summed E-state index contributed by atoms with van der Waals surface area (Å²) in [5.74, 6) is 0.655. The van der Waals surface area contributed by atoms with Crippen molar-refractivity contribution in [2.45, 2.75) is 23.6 Å². The number of aryl methyl sites for hydroxylation is 2. The standard InChI is InChI=1S/C23H21N3S/c1-16-8-12-18(13-9-16)21-22(27-20-14-10-17(2)11-15-20)23(24)26(25-21)19-6-4-3-5-7-19/h3-15H,24H2,1-2H3. The third kappa shape index (κ3) is 3.62. The third-order valence-electron chi connectivity index (χ3n) is 4.44. The van der Waals surface area contributed by atoms with Crippen LogP contribution >= 0.6 is 11.8 Å². The van der Waals surface area contributed by atoms with Crippen molar-refractivity contribution in [3.05, 3.63) is 90.0 Å². The van der Waals surface area contributed by atoms with Gasteiger partial charge in [0.1, 0.15) is 11.5 Å². The lowest BCUT2D eigenvalue weighted by Crippen LogP contribution is -2.01. The molecule has 0 atom stereocenters. The van der Waals surface area contributed by atoms with E-state index in [0.717, 1.165) is 26.7 Å². The van der Waals surface area contributed by atoms with E-state index in [9.17, 15) is 0 Å². The predicted molar refractivity (Wildman–Crippen MR) is 113 cm³/mol. The van der Waals surface area contributed by atoms with Crippen LogP contribution in [0.2, 0.25) is 0 Å². The molecule has 1 heterocycles. The minimum absolute atomic E-state index is 0.655. The lowest BCUT2D eigenvalue weighted by Gasteiger charge is -2.06. The zero-order valence-corrected chi connectivity index (χ0v) is 16.2. The smallest absolute Gasteiger partial charge is 0.141 e. The monoisotopic (exact) mass is 371 g/mol. The van der Waals surface area contributed by atoms with Crippen LogP contribution in [-0.2, 0) is 0 Å². The van der Waals surface area contributed by atoms with Gasteiger partial charge in [-0.25, -0.2) is 4.68 Å². The highest BCUT2D eigenvalue weighted by Gasteiger charge is 2.19. The van der Waals surface area contributed by atoms with Crippen LogP contribution in [0.15, 0.2) is 88.7 Å². The van der Waals surface area contributed by atoms with Gasteiger partial charge in [-0.2, -0.15) is 5.10 Å².